The summed E-state index contributed by atoms with van der Waals surface area (Å²) in [5.74, 6) is 0. The third-order valence-electron chi connectivity index (χ3n) is 3.23. The summed E-state index contributed by atoms with van der Waals surface area (Å²) in [5, 5.41) is 3.34. The van der Waals surface area contributed by atoms with E-state index in [2.05, 4.69) is 5.32 Å². The molecular formula is C13H17F2NO. The first-order valence-electron chi connectivity index (χ1n) is 5.82. The lowest BCUT2D eigenvalue weighted by Crippen LogP contribution is -2.44. The number of hydrogen-bond donors (Lipinski definition) is 1. The van der Waals surface area contributed by atoms with E-state index >= 15 is 0 Å². The van der Waals surface area contributed by atoms with Crippen LogP contribution in [-0.4, -0.2) is 19.3 Å². The molecule has 1 aliphatic rings. The highest BCUT2D eigenvalue weighted by Crippen LogP contribution is 2.23. The monoisotopic (exact) mass is 241 g/mol. The Labute approximate surface area is 100.0 Å². The van der Waals surface area contributed by atoms with Crippen molar-refractivity contribution < 1.29 is 13.5 Å². The second-order valence-electron chi connectivity index (χ2n) is 4.45. The van der Waals surface area contributed by atoms with Gasteiger partial charge in [-0.1, -0.05) is 18.2 Å². The highest BCUT2D eigenvalue weighted by atomic mass is 19.3. The molecule has 1 aliphatic carbocycles. The Kier molecular flexibility index (Phi) is 4.07. The lowest BCUT2D eigenvalue weighted by molar-refractivity contribution is 0.0170. The van der Waals surface area contributed by atoms with Crippen LogP contribution in [0.2, 0.25) is 0 Å². The first kappa shape index (κ1) is 12.5. The van der Waals surface area contributed by atoms with Crippen LogP contribution in [0.25, 0.3) is 0 Å². The molecule has 0 amide bonds. The number of nitrogens with one attached hydrogen (secondary N) is 1. The van der Waals surface area contributed by atoms with E-state index in [1.165, 1.54) is 6.07 Å². The van der Waals surface area contributed by atoms with Crippen LogP contribution in [-0.2, 0) is 11.3 Å². The van der Waals surface area contributed by atoms with Gasteiger partial charge in [-0.2, -0.15) is 0 Å². The van der Waals surface area contributed by atoms with Crippen molar-refractivity contribution in [2.24, 2.45) is 0 Å². The molecule has 0 aromatic heterocycles. The van der Waals surface area contributed by atoms with Crippen LogP contribution in [0.5, 0.6) is 0 Å². The fourth-order valence-corrected chi connectivity index (χ4v) is 2.03. The minimum atomic E-state index is -2.39. The summed E-state index contributed by atoms with van der Waals surface area (Å²) in [7, 11) is 1.72. The summed E-state index contributed by atoms with van der Waals surface area (Å²) in [5.41, 5.74) is 0.997. The first-order chi connectivity index (χ1) is 8.19. The Morgan fingerprint density at radius 3 is 2.82 bits per heavy atom. The molecule has 17 heavy (non-hydrogen) atoms. The van der Waals surface area contributed by atoms with Crippen LogP contribution in [0, 0.1) is 0 Å². The van der Waals surface area contributed by atoms with Crippen LogP contribution >= 0.6 is 0 Å². The van der Waals surface area contributed by atoms with E-state index in [1.807, 2.05) is 6.07 Å². The molecule has 1 saturated carbocycles. The number of ether oxygens (including phenoxy) is 1. The van der Waals surface area contributed by atoms with Crippen molar-refractivity contribution in [3.63, 3.8) is 0 Å². The molecule has 2 nitrogen and oxygen atoms in total. The maximum atomic E-state index is 12.5. The third kappa shape index (κ3) is 3.23. The zero-order valence-corrected chi connectivity index (χ0v) is 9.83. The molecular weight excluding hydrogens is 224 g/mol. The zero-order chi connectivity index (χ0) is 12.3. The highest BCUT2D eigenvalue weighted by molar-refractivity contribution is 5.24. The summed E-state index contributed by atoms with van der Waals surface area (Å²) in [6.07, 6.45) is -0.0211. The van der Waals surface area contributed by atoms with Gasteiger partial charge in [-0.25, -0.2) is 8.78 Å². The van der Waals surface area contributed by atoms with E-state index < -0.39 is 6.43 Å². The van der Waals surface area contributed by atoms with Gasteiger partial charge < -0.3 is 10.1 Å². The van der Waals surface area contributed by atoms with Crippen molar-refractivity contribution in [1.29, 1.82) is 0 Å². The molecule has 0 aliphatic heterocycles. The molecule has 94 valence electrons. The van der Waals surface area contributed by atoms with Crippen LogP contribution in [0.3, 0.4) is 0 Å². The molecule has 0 spiro atoms. The minimum absolute atomic E-state index is 0.0904. The van der Waals surface area contributed by atoms with Gasteiger partial charge in [0.15, 0.2) is 0 Å². The van der Waals surface area contributed by atoms with Crippen molar-refractivity contribution in [3.8, 4) is 0 Å². The maximum Gasteiger partial charge on any atom is 0.263 e. The third-order valence-corrected chi connectivity index (χ3v) is 3.23. The van der Waals surface area contributed by atoms with Crippen molar-refractivity contribution >= 4 is 0 Å². The van der Waals surface area contributed by atoms with Crippen LogP contribution in [0.1, 0.15) is 30.4 Å². The molecule has 0 bridgehead atoms. The van der Waals surface area contributed by atoms with Crippen molar-refractivity contribution in [1.82, 2.24) is 5.32 Å². The number of hydrogen-bond acceptors (Lipinski definition) is 2. The van der Waals surface area contributed by atoms with Gasteiger partial charge in [0, 0.05) is 25.3 Å². The molecule has 1 fully saturated rings. The van der Waals surface area contributed by atoms with E-state index in [0.717, 1.165) is 18.4 Å². The van der Waals surface area contributed by atoms with Crippen molar-refractivity contribution in [3.05, 3.63) is 35.4 Å². The predicted molar refractivity (Wildman–Crippen MR) is 62.1 cm³/mol. The normalized spacial score (nSPS) is 23.8. The van der Waals surface area contributed by atoms with Gasteiger partial charge in [0.2, 0.25) is 0 Å². The van der Waals surface area contributed by atoms with E-state index in [1.54, 1.807) is 19.2 Å². The summed E-state index contributed by atoms with van der Waals surface area (Å²) < 4.78 is 30.1. The van der Waals surface area contributed by atoms with Gasteiger partial charge in [0.05, 0.1) is 6.10 Å². The van der Waals surface area contributed by atoms with E-state index in [0.29, 0.717) is 18.7 Å². The quantitative estimate of drug-likeness (QED) is 0.855. The van der Waals surface area contributed by atoms with Gasteiger partial charge in [-0.05, 0) is 24.5 Å². The predicted octanol–water partition coefficient (Wildman–Crippen LogP) is 2.89. The average Bonchev–Trinajstić information content (AvgIpc) is 2.27. The molecule has 0 heterocycles. The van der Waals surface area contributed by atoms with E-state index in [4.69, 9.17) is 4.74 Å². The van der Waals surface area contributed by atoms with Gasteiger partial charge in [-0.3, -0.25) is 0 Å². The molecule has 0 saturated heterocycles. The highest BCUT2D eigenvalue weighted by Gasteiger charge is 2.28. The van der Waals surface area contributed by atoms with E-state index in [9.17, 15) is 8.78 Å². The number of rotatable bonds is 5. The molecule has 0 unspecified atom stereocenters. The topological polar surface area (TPSA) is 21.3 Å². The van der Waals surface area contributed by atoms with Gasteiger partial charge in [0.25, 0.3) is 6.43 Å². The van der Waals surface area contributed by atoms with Crippen molar-refractivity contribution in [2.75, 3.05) is 7.11 Å². The molecule has 1 N–H and O–H groups in total. The molecule has 1 aromatic carbocycles. The maximum absolute atomic E-state index is 12.5. The Hall–Kier alpha value is -1.00. The van der Waals surface area contributed by atoms with Gasteiger partial charge in [0.1, 0.15) is 0 Å². The average molecular weight is 241 g/mol. The molecule has 1 aromatic rings. The van der Waals surface area contributed by atoms with Gasteiger partial charge in [-0.15, -0.1) is 0 Å². The van der Waals surface area contributed by atoms with Crippen LogP contribution < -0.4 is 5.32 Å². The molecule has 0 radical (unpaired) electrons. The minimum Gasteiger partial charge on any atom is -0.381 e. The Morgan fingerprint density at radius 2 is 2.18 bits per heavy atom. The summed E-state index contributed by atoms with van der Waals surface area (Å²) in [6.45, 7) is 0.641. The van der Waals surface area contributed by atoms with E-state index in [-0.39, 0.29) is 5.56 Å². The Morgan fingerprint density at radius 1 is 1.41 bits per heavy atom. The van der Waals surface area contributed by atoms with Crippen molar-refractivity contribution in [2.45, 2.75) is 38.0 Å². The standard InChI is InChI=1S/C13H17F2NO/c1-17-12-6-11(7-12)16-8-9-3-2-4-10(5-9)13(14)15/h2-5,11-13,16H,6-8H2,1H3. The first-order valence-corrected chi connectivity index (χ1v) is 5.82. The lowest BCUT2D eigenvalue weighted by Gasteiger charge is -2.34. The number of alkyl halides is 2. The molecule has 0 atom stereocenters. The second-order valence-corrected chi connectivity index (χ2v) is 4.45. The summed E-state index contributed by atoms with van der Waals surface area (Å²) >= 11 is 0. The Bertz CT molecular complexity index is 364. The SMILES string of the molecule is COC1CC(NCc2cccc(C(F)F)c2)C1. The zero-order valence-electron chi connectivity index (χ0n) is 9.83. The summed E-state index contributed by atoms with van der Waals surface area (Å²) in [6, 6.07) is 7.01. The smallest absolute Gasteiger partial charge is 0.263 e. The molecule has 4 heteroatoms. The van der Waals surface area contributed by atoms with Crippen LogP contribution in [0.15, 0.2) is 24.3 Å². The number of halogens is 2. The number of methoxy groups -OCH3 is 1. The second kappa shape index (κ2) is 5.56. The fraction of sp³-hybridized carbons (Fsp3) is 0.538. The largest absolute Gasteiger partial charge is 0.381 e. The summed E-state index contributed by atoms with van der Waals surface area (Å²) in [4.78, 5) is 0. The fourth-order valence-electron chi connectivity index (χ4n) is 2.03. The van der Waals surface area contributed by atoms with Crippen LogP contribution in [0.4, 0.5) is 8.78 Å². The number of benzene rings is 1. The Balaban J connectivity index is 1.81. The van der Waals surface area contributed by atoms with Gasteiger partial charge >= 0.3 is 0 Å². The lowest BCUT2D eigenvalue weighted by atomic mass is 9.89. The molecule has 2 rings (SSSR count).